The number of imidazole rings is 1. The molecule has 2 unspecified atom stereocenters. The van der Waals surface area contributed by atoms with Crippen LogP contribution in [0.4, 0.5) is 5.82 Å². The smallest absolute Gasteiger partial charge is 0.274 e. The normalized spacial score (nSPS) is 22.2. The van der Waals surface area contributed by atoms with Crippen molar-refractivity contribution in [1.29, 1.82) is 0 Å². The van der Waals surface area contributed by atoms with Crippen LogP contribution in [0, 0.1) is 5.41 Å². The van der Waals surface area contributed by atoms with Gasteiger partial charge in [0, 0.05) is 37.1 Å². The van der Waals surface area contributed by atoms with Crippen LogP contribution >= 0.6 is 35.2 Å². The zero-order chi connectivity index (χ0) is 43.9. The molecule has 0 saturated carbocycles. The summed E-state index contributed by atoms with van der Waals surface area (Å²) in [7, 11) is -12.0. The van der Waals surface area contributed by atoms with Crippen molar-refractivity contribution in [3.63, 3.8) is 0 Å². The zero-order valence-corrected chi connectivity index (χ0v) is 35.3. The highest BCUT2D eigenvalue weighted by Crippen LogP contribution is 2.56. The van der Waals surface area contributed by atoms with Crippen LogP contribution in [0.2, 0.25) is 0 Å². The van der Waals surface area contributed by atoms with Gasteiger partial charge in [-0.1, -0.05) is 25.6 Å². The van der Waals surface area contributed by atoms with E-state index in [0.29, 0.717) is 11.0 Å². The Balaban J connectivity index is 1.46. The zero-order valence-electron chi connectivity index (χ0n) is 31.8. The van der Waals surface area contributed by atoms with Crippen LogP contribution in [0.25, 0.3) is 11.2 Å². The molecule has 1 aliphatic rings. The number of amides is 2. The first-order chi connectivity index (χ1) is 26.6. The number of rotatable bonds is 23. The number of carbonyl (C=O) groups excluding carboxylic acids is 3. The van der Waals surface area contributed by atoms with Crippen molar-refractivity contribution in [2.75, 3.05) is 65.5 Å². The van der Waals surface area contributed by atoms with Crippen molar-refractivity contribution >= 4 is 69.1 Å². The third kappa shape index (κ3) is 15.8. The standard InChI is InChI=1S/C28H49N8O18P3S/c1-28(2,23(41)26(42)31-7-6-18(38)30-8-9-58-19(39)10-16(37)11-36(3,4)5)13-51-57(48,49)54-56(46,47)50-12-17-22(53-55(43,44)45)21(40)27(52-17)35-15-34-20-24(29)32-14-33-25(20)35/h14-17,21-23,27,37,40-41H,6-13H2,1-5H3,(H7-,29,30,31,32,33,38,42,43,44,45,46,47,48,49)/p-3/t16-,17-,21-,22-,23+,27-/m1/s1. The minimum Gasteiger partial charge on any atom is -0.790 e. The highest BCUT2D eigenvalue weighted by Gasteiger charge is 2.47. The summed E-state index contributed by atoms with van der Waals surface area (Å²) < 4.78 is 61.0. The summed E-state index contributed by atoms with van der Waals surface area (Å²) in [6.45, 7) is 0.340. The molecule has 0 bridgehead atoms. The summed E-state index contributed by atoms with van der Waals surface area (Å²) in [5.41, 5.74) is 4.04. The van der Waals surface area contributed by atoms with E-state index in [2.05, 4.69) is 43.5 Å². The van der Waals surface area contributed by atoms with Crippen LogP contribution in [0.3, 0.4) is 0 Å². The van der Waals surface area contributed by atoms with Gasteiger partial charge in [-0.3, -0.25) is 28.1 Å². The number of nitrogens with two attached hydrogens (primary N) is 1. The number of ether oxygens (including phenoxy) is 1. The van der Waals surface area contributed by atoms with Gasteiger partial charge >= 0.3 is 0 Å². The van der Waals surface area contributed by atoms with E-state index in [0.717, 1.165) is 29.0 Å². The number of phosphoric acid groups is 3. The molecule has 0 aromatic carbocycles. The Bertz CT molecular complexity index is 1900. The van der Waals surface area contributed by atoms with Gasteiger partial charge in [-0.2, -0.15) is 0 Å². The first kappa shape index (κ1) is 49.8. The molecule has 2 amide bonds. The van der Waals surface area contributed by atoms with E-state index in [1.54, 1.807) is 0 Å². The molecule has 3 rings (SSSR count). The minimum absolute atomic E-state index is 0.0263. The topological polar surface area (TPSA) is 395 Å². The molecular weight excluding hydrogens is 861 g/mol. The van der Waals surface area contributed by atoms with Gasteiger partial charge in [-0.25, -0.2) is 19.3 Å². The van der Waals surface area contributed by atoms with Crippen LogP contribution < -0.4 is 35.9 Å². The van der Waals surface area contributed by atoms with Crippen molar-refractivity contribution in [2.45, 2.75) is 63.4 Å². The predicted molar refractivity (Wildman–Crippen MR) is 192 cm³/mol. The van der Waals surface area contributed by atoms with Crippen molar-refractivity contribution < 1.29 is 90.1 Å². The average Bonchev–Trinajstić information content (AvgIpc) is 3.63. The van der Waals surface area contributed by atoms with E-state index in [4.69, 9.17) is 10.5 Å². The molecular formula is C28H46N8O18P3S-3. The molecule has 3 heterocycles. The maximum Gasteiger partial charge on any atom is 0.274 e. The Labute approximate surface area is 335 Å². The Morgan fingerprint density at radius 2 is 1.71 bits per heavy atom. The number of thioether (sulfide) groups is 1. The van der Waals surface area contributed by atoms with Crippen LogP contribution in [0.1, 0.15) is 32.9 Å². The minimum atomic E-state index is -5.92. The number of nitrogens with zero attached hydrogens (tertiary/aromatic N) is 5. The number of aliphatic hydroxyl groups excluding tert-OH is 3. The van der Waals surface area contributed by atoms with Gasteiger partial charge in [-0.05, 0) is 0 Å². The first-order valence-electron chi connectivity index (χ1n) is 17.1. The molecule has 26 nitrogen and oxygen atoms in total. The van der Waals surface area contributed by atoms with Gasteiger partial charge in [-0.15, -0.1) is 0 Å². The molecule has 330 valence electrons. The Morgan fingerprint density at radius 3 is 2.34 bits per heavy atom. The van der Waals surface area contributed by atoms with Crippen molar-refractivity contribution in [1.82, 2.24) is 30.2 Å². The molecule has 2 aromatic rings. The Kier molecular flexibility index (Phi) is 17.5. The Morgan fingerprint density at radius 1 is 1.05 bits per heavy atom. The number of anilines is 1. The van der Waals surface area contributed by atoms with Gasteiger partial charge in [0.2, 0.25) is 11.8 Å². The van der Waals surface area contributed by atoms with Crippen LogP contribution in [-0.4, -0.2) is 147 Å². The van der Waals surface area contributed by atoms with Crippen LogP contribution in [0.5, 0.6) is 0 Å². The molecule has 30 heteroatoms. The SMILES string of the molecule is CC(C)(COP(=O)([O-])OP(=O)([O-])OC[C@H]1O[C@@H](n2cnc3c(N)ncnc32)[C@H](O)[C@@H]1OP(=O)([O-])[O-])[C@@H](O)C(=O)NCCC(=O)NCCSC(=O)C[C@@H](O)C[N+](C)(C)C. The summed E-state index contributed by atoms with van der Waals surface area (Å²) in [6, 6.07) is 0. The lowest BCUT2D eigenvalue weighted by Gasteiger charge is -2.36. The first-order valence-corrected chi connectivity index (χ1v) is 22.4. The highest BCUT2D eigenvalue weighted by atomic mass is 32.2. The molecule has 1 aliphatic heterocycles. The van der Waals surface area contributed by atoms with E-state index in [1.807, 2.05) is 21.1 Å². The molecule has 7 N–H and O–H groups in total. The monoisotopic (exact) mass is 907 g/mol. The molecule has 0 aliphatic carbocycles. The summed E-state index contributed by atoms with van der Waals surface area (Å²) in [5.74, 6) is -1.37. The fraction of sp³-hybridized carbons (Fsp3) is 0.714. The van der Waals surface area contributed by atoms with E-state index in [-0.39, 0.29) is 53.8 Å². The van der Waals surface area contributed by atoms with Crippen molar-refractivity contribution in [3.8, 4) is 0 Å². The molecule has 0 spiro atoms. The number of nitrogen functional groups attached to an aromatic ring is 1. The number of hydrogen-bond acceptors (Lipinski definition) is 23. The third-order valence-electron chi connectivity index (χ3n) is 7.90. The fourth-order valence-electron chi connectivity index (χ4n) is 5.22. The molecule has 1 fully saturated rings. The van der Waals surface area contributed by atoms with Gasteiger partial charge in [0.15, 0.2) is 22.8 Å². The van der Waals surface area contributed by atoms with E-state index < -0.39 is 90.7 Å². The number of likely N-dealkylation sites (N-methyl/N-ethyl adjacent to an activating group) is 1. The van der Waals surface area contributed by atoms with Gasteiger partial charge in [0.25, 0.3) is 15.6 Å². The van der Waals surface area contributed by atoms with Gasteiger partial charge < -0.3 is 78.6 Å². The molecule has 58 heavy (non-hydrogen) atoms. The number of fused-ring (bicyclic) bond motifs is 1. The maximum atomic E-state index is 12.5. The number of aromatic nitrogens is 4. The van der Waals surface area contributed by atoms with E-state index in [1.165, 1.54) is 13.8 Å². The van der Waals surface area contributed by atoms with Crippen molar-refractivity contribution in [3.05, 3.63) is 12.7 Å². The summed E-state index contributed by atoms with van der Waals surface area (Å²) in [4.78, 5) is 96.2. The lowest BCUT2D eigenvalue weighted by atomic mass is 9.87. The number of quaternary nitrogens is 1. The van der Waals surface area contributed by atoms with Gasteiger partial charge in [0.1, 0.15) is 48.9 Å². The fourth-order valence-corrected chi connectivity index (χ4v) is 8.70. The van der Waals surface area contributed by atoms with Crippen molar-refractivity contribution in [2.24, 2.45) is 5.41 Å². The number of aliphatic hydroxyl groups is 3. The number of phosphoric ester groups is 3. The molecule has 1 saturated heterocycles. The van der Waals surface area contributed by atoms with Crippen LogP contribution in [-0.2, 0) is 50.7 Å². The molecule has 2 aromatic heterocycles. The molecule has 0 radical (unpaired) electrons. The van der Waals surface area contributed by atoms with Crippen LogP contribution in [0.15, 0.2) is 12.7 Å². The lowest BCUT2D eigenvalue weighted by Crippen LogP contribution is -2.46. The number of nitrogens with one attached hydrogen (secondary N) is 2. The summed E-state index contributed by atoms with van der Waals surface area (Å²) in [5, 5.41) is 35.9. The highest BCUT2D eigenvalue weighted by molar-refractivity contribution is 8.13. The van der Waals surface area contributed by atoms with E-state index in [9.17, 15) is 63.0 Å². The second kappa shape index (κ2) is 20.4. The second-order valence-electron chi connectivity index (χ2n) is 14.5. The lowest BCUT2D eigenvalue weighted by molar-refractivity contribution is -0.873. The predicted octanol–water partition coefficient (Wildman–Crippen LogP) is -4.41. The second-order valence-corrected chi connectivity index (χ2v) is 19.8. The Hall–Kier alpha value is -2.52. The largest absolute Gasteiger partial charge is 0.790 e. The number of carbonyl (C=O) groups is 3. The third-order valence-corrected chi connectivity index (χ3v) is 11.8. The van der Waals surface area contributed by atoms with E-state index >= 15 is 0 Å². The van der Waals surface area contributed by atoms with Gasteiger partial charge in [0.05, 0.1) is 48.5 Å². The summed E-state index contributed by atoms with van der Waals surface area (Å²) in [6.07, 6.45) is -8.52. The maximum absolute atomic E-state index is 12.5. The quantitative estimate of drug-likeness (QED) is 0.0348. The average molecular weight is 908 g/mol. The molecule has 8 atom stereocenters. The summed E-state index contributed by atoms with van der Waals surface area (Å²) >= 11 is 0.946. The number of hydrogen-bond donors (Lipinski definition) is 6.